The van der Waals surface area contributed by atoms with Gasteiger partial charge >= 0.3 is 0 Å². The van der Waals surface area contributed by atoms with Crippen LogP contribution in [0.2, 0.25) is 5.02 Å². The summed E-state index contributed by atoms with van der Waals surface area (Å²) in [6.07, 6.45) is 3.29. The number of aryl methyl sites for hydroxylation is 1. The third kappa shape index (κ3) is 5.21. The molecule has 1 rings (SSSR count). The first kappa shape index (κ1) is 18.8. The Morgan fingerprint density at radius 1 is 1.41 bits per heavy atom. The largest absolute Gasteiger partial charge is 0.388 e. The van der Waals surface area contributed by atoms with E-state index >= 15 is 0 Å². The highest BCUT2D eigenvalue weighted by Gasteiger charge is 2.22. The summed E-state index contributed by atoms with van der Waals surface area (Å²) >= 11 is 6.03. The van der Waals surface area contributed by atoms with Gasteiger partial charge < -0.3 is 19.9 Å². The summed E-state index contributed by atoms with van der Waals surface area (Å²) in [5.41, 5.74) is 0.384. The first-order chi connectivity index (χ1) is 10.3. The first-order valence-corrected chi connectivity index (χ1v) is 8.25. The van der Waals surface area contributed by atoms with E-state index in [-0.39, 0.29) is 0 Å². The van der Waals surface area contributed by atoms with Gasteiger partial charge in [0.1, 0.15) is 0 Å². The van der Waals surface area contributed by atoms with E-state index in [0.29, 0.717) is 25.9 Å². The summed E-state index contributed by atoms with van der Waals surface area (Å²) in [5, 5.41) is 14.4. The van der Waals surface area contributed by atoms with Crippen molar-refractivity contribution in [1.29, 1.82) is 0 Å². The molecule has 2 N–H and O–H groups in total. The van der Waals surface area contributed by atoms with Crippen LogP contribution in [-0.4, -0.2) is 46.3 Å². The molecule has 0 aliphatic heterocycles. The van der Waals surface area contributed by atoms with Crippen LogP contribution in [-0.2, 0) is 13.6 Å². The second-order valence-corrected chi connectivity index (χ2v) is 6.15. The van der Waals surface area contributed by atoms with Crippen LogP contribution in [0.15, 0.2) is 17.3 Å². The van der Waals surface area contributed by atoms with E-state index in [4.69, 9.17) is 11.6 Å². The molecule has 0 bridgehead atoms. The van der Waals surface area contributed by atoms with Gasteiger partial charge in [-0.2, -0.15) is 0 Å². The fourth-order valence-electron chi connectivity index (χ4n) is 2.21. The Balaban J connectivity index is 2.82. The highest BCUT2D eigenvalue weighted by Crippen LogP contribution is 2.16. The quantitative estimate of drug-likeness (QED) is 0.597. The zero-order valence-electron chi connectivity index (χ0n) is 14.4. The molecule has 0 unspecified atom stereocenters. The number of nitrogens with one attached hydrogen (secondary N) is 1. The van der Waals surface area contributed by atoms with Gasteiger partial charge in [-0.25, -0.2) is 0 Å². The highest BCUT2D eigenvalue weighted by molar-refractivity contribution is 6.30. The monoisotopic (exact) mass is 328 g/mol. The average Bonchev–Trinajstić information content (AvgIpc) is 2.80. The third-order valence-electron chi connectivity index (χ3n) is 4.01. The molecule has 22 heavy (non-hydrogen) atoms. The van der Waals surface area contributed by atoms with Crippen LogP contribution in [0.5, 0.6) is 0 Å². The minimum Gasteiger partial charge on any atom is -0.388 e. The zero-order chi connectivity index (χ0) is 16.8. The van der Waals surface area contributed by atoms with Crippen LogP contribution < -0.4 is 5.32 Å². The van der Waals surface area contributed by atoms with Crippen LogP contribution in [0.3, 0.4) is 0 Å². The van der Waals surface area contributed by atoms with Gasteiger partial charge in [-0.15, -0.1) is 0 Å². The van der Waals surface area contributed by atoms with Gasteiger partial charge in [-0.1, -0.05) is 25.4 Å². The molecule has 0 saturated heterocycles. The number of rotatable bonds is 7. The molecular formula is C16H29ClN4O. The molecular weight excluding hydrogens is 300 g/mol. The van der Waals surface area contributed by atoms with Gasteiger partial charge in [0.05, 0.1) is 23.7 Å². The number of aliphatic hydroxyl groups is 1. The maximum absolute atomic E-state index is 10.4. The third-order valence-corrected chi connectivity index (χ3v) is 4.22. The van der Waals surface area contributed by atoms with Gasteiger partial charge in [0.2, 0.25) is 0 Å². The van der Waals surface area contributed by atoms with Crippen molar-refractivity contribution in [2.24, 2.45) is 12.0 Å². The van der Waals surface area contributed by atoms with Gasteiger partial charge in [0.25, 0.3) is 0 Å². The van der Waals surface area contributed by atoms with Gasteiger partial charge in [0.15, 0.2) is 5.96 Å². The maximum atomic E-state index is 10.4. The molecule has 1 aromatic rings. The number of hydrogen-bond donors (Lipinski definition) is 2. The second kappa shape index (κ2) is 8.44. The Kier molecular flexibility index (Phi) is 7.23. The lowest BCUT2D eigenvalue weighted by atomic mass is 9.98. The zero-order valence-corrected chi connectivity index (χ0v) is 15.1. The molecule has 0 spiro atoms. The van der Waals surface area contributed by atoms with Gasteiger partial charge in [-0.05, 0) is 25.8 Å². The van der Waals surface area contributed by atoms with E-state index in [9.17, 15) is 5.11 Å². The molecule has 0 amide bonds. The second-order valence-electron chi connectivity index (χ2n) is 5.72. The van der Waals surface area contributed by atoms with Crippen LogP contribution in [0.25, 0.3) is 0 Å². The van der Waals surface area contributed by atoms with E-state index in [1.54, 1.807) is 0 Å². The molecule has 5 nitrogen and oxygen atoms in total. The number of hydrogen-bond acceptors (Lipinski definition) is 2. The fourth-order valence-corrected chi connectivity index (χ4v) is 2.48. The standard InChI is InChI=1S/C16H29ClN4O/c1-6-16(22,7-2)12-19-15(18-8-3)21(5)11-14-9-13(17)10-20(14)4/h9-10,22H,6-8,11-12H2,1-5H3,(H,18,19). The van der Waals surface area contributed by atoms with E-state index in [0.717, 1.165) is 23.2 Å². The topological polar surface area (TPSA) is 52.8 Å². The predicted octanol–water partition coefficient (Wildman–Crippen LogP) is 2.63. The minimum atomic E-state index is -0.726. The summed E-state index contributed by atoms with van der Waals surface area (Å²) < 4.78 is 2.01. The molecule has 0 fully saturated rings. The molecule has 6 heteroatoms. The lowest BCUT2D eigenvalue weighted by Gasteiger charge is -2.26. The normalized spacial score (nSPS) is 12.6. The Bertz CT molecular complexity index is 494. The van der Waals surface area contributed by atoms with E-state index in [1.807, 2.05) is 56.6 Å². The van der Waals surface area contributed by atoms with Crippen molar-refractivity contribution in [3.63, 3.8) is 0 Å². The molecule has 0 aliphatic rings. The number of halogens is 1. The van der Waals surface area contributed by atoms with Crippen molar-refractivity contribution in [3.8, 4) is 0 Å². The van der Waals surface area contributed by atoms with Gasteiger partial charge in [0, 0.05) is 32.5 Å². The number of nitrogens with zero attached hydrogens (tertiary/aromatic N) is 3. The predicted molar refractivity (Wildman–Crippen MR) is 93.4 cm³/mol. The highest BCUT2D eigenvalue weighted by atomic mass is 35.5. The van der Waals surface area contributed by atoms with Crippen molar-refractivity contribution in [1.82, 2.24) is 14.8 Å². The molecule has 0 aliphatic carbocycles. The van der Waals surface area contributed by atoms with Crippen molar-refractivity contribution < 1.29 is 5.11 Å². The minimum absolute atomic E-state index is 0.403. The Labute approximate surface area is 139 Å². The summed E-state index contributed by atoms with van der Waals surface area (Å²) in [7, 11) is 3.96. The molecule has 0 atom stereocenters. The molecule has 0 radical (unpaired) electrons. The van der Waals surface area contributed by atoms with Crippen LogP contribution in [0.1, 0.15) is 39.3 Å². The molecule has 1 aromatic heterocycles. The summed E-state index contributed by atoms with van der Waals surface area (Å²) in [4.78, 5) is 6.64. The van der Waals surface area contributed by atoms with Crippen molar-refractivity contribution in [3.05, 3.63) is 23.0 Å². The lowest BCUT2D eigenvalue weighted by molar-refractivity contribution is 0.0416. The average molecular weight is 329 g/mol. The van der Waals surface area contributed by atoms with Crippen LogP contribution in [0, 0.1) is 0 Å². The lowest BCUT2D eigenvalue weighted by Crippen LogP contribution is -2.40. The van der Waals surface area contributed by atoms with E-state index in [2.05, 4.69) is 10.3 Å². The number of guanidine groups is 1. The summed E-state index contributed by atoms with van der Waals surface area (Å²) in [6.45, 7) is 7.90. The maximum Gasteiger partial charge on any atom is 0.194 e. The van der Waals surface area contributed by atoms with Crippen LogP contribution in [0.4, 0.5) is 0 Å². The summed E-state index contributed by atoms with van der Waals surface area (Å²) in [5.74, 6) is 0.792. The van der Waals surface area contributed by atoms with Crippen molar-refractivity contribution in [2.75, 3.05) is 20.1 Å². The SMILES string of the molecule is CCNC(=NCC(O)(CC)CC)N(C)Cc1cc(Cl)cn1C. The number of aliphatic imine (C=N–C) groups is 1. The Morgan fingerprint density at radius 3 is 2.50 bits per heavy atom. The van der Waals surface area contributed by atoms with E-state index in [1.165, 1.54) is 0 Å². The van der Waals surface area contributed by atoms with Crippen molar-refractivity contribution >= 4 is 17.6 Å². The van der Waals surface area contributed by atoms with Crippen LogP contribution >= 0.6 is 11.6 Å². The molecule has 0 saturated carbocycles. The molecule has 126 valence electrons. The molecule has 1 heterocycles. The van der Waals surface area contributed by atoms with E-state index < -0.39 is 5.60 Å². The first-order valence-electron chi connectivity index (χ1n) is 7.87. The Hall–Kier alpha value is -1.20. The van der Waals surface area contributed by atoms with Crippen molar-refractivity contribution in [2.45, 2.75) is 45.8 Å². The van der Waals surface area contributed by atoms with Gasteiger partial charge in [-0.3, -0.25) is 4.99 Å². The smallest absolute Gasteiger partial charge is 0.194 e. The molecule has 0 aromatic carbocycles. The number of aromatic nitrogens is 1. The fraction of sp³-hybridized carbons (Fsp3) is 0.688. The summed E-state index contributed by atoms with van der Waals surface area (Å²) in [6, 6.07) is 1.95. The Morgan fingerprint density at radius 2 is 2.05 bits per heavy atom.